The zero-order valence-electron chi connectivity index (χ0n) is 41.1. The largest absolute Gasteiger partial charge is 0.462 e. The number of nitrogens with zero attached hydrogens (tertiary/aromatic N) is 3. The Balaban J connectivity index is 1.64. The molecule has 366 valence electrons. The van der Waals surface area contributed by atoms with Crippen LogP contribution in [-0.4, -0.2) is 77.8 Å². The number of aromatic nitrogens is 3. The lowest BCUT2D eigenvalue weighted by molar-refractivity contribution is -0.150. The van der Waals surface area contributed by atoms with Gasteiger partial charge in [-0.1, -0.05) is 98.7 Å². The van der Waals surface area contributed by atoms with Gasteiger partial charge in [0.15, 0.2) is 0 Å². The Morgan fingerprint density at radius 3 is 1.20 bits per heavy atom. The van der Waals surface area contributed by atoms with Crippen molar-refractivity contribution in [2.45, 2.75) is 81.6 Å². The van der Waals surface area contributed by atoms with Gasteiger partial charge in [0.1, 0.15) is 24.4 Å². The number of hydrogen-bond donors (Lipinski definition) is 3. The van der Waals surface area contributed by atoms with Crippen LogP contribution in [0.25, 0.3) is 12.2 Å². The average Bonchev–Trinajstić information content (AvgIpc) is 3.29. The molecule has 0 fully saturated rings. The van der Waals surface area contributed by atoms with E-state index < -0.39 is 29.8 Å². The minimum Gasteiger partial charge on any atom is -0.462 e. The van der Waals surface area contributed by atoms with Crippen molar-refractivity contribution in [1.29, 1.82) is 0 Å². The Bertz CT molecular complexity index is 2450. The summed E-state index contributed by atoms with van der Waals surface area (Å²) in [5.41, 5.74) is 3.10. The molecule has 4 rings (SSSR count). The minimum absolute atomic E-state index is 0.0684. The number of esters is 5. The summed E-state index contributed by atoms with van der Waals surface area (Å²) in [7, 11) is 0. The zero-order chi connectivity index (χ0) is 50.7. The van der Waals surface area contributed by atoms with Crippen LogP contribution in [0.5, 0.6) is 0 Å². The van der Waals surface area contributed by atoms with E-state index in [0.29, 0.717) is 51.5 Å². The fourth-order valence-electron chi connectivity index (χ4n) is 5.53. The number of rotatable bonds is 23. The number of ether oxygens (including phenoxy) is 5. The molecule has 0 amide bonds. The Hall–Kier alpha value is -7.62. The molecule has 0 atom stereocenters. The van der Waals surface area contributed by atoms with Crippen LogP contribution in [0, 0.1) is 10.8 Å². The van der Waals surface area contributed by atoms with Crippen LogP contribution >= 0.6 is 0 Å². The van der Waals surface area contributed by atoms with Crippen molar-refractivity contribution < 1.29 is 47.7 Å². The third kappa shape index (κ3) is 19.6. The lowest BCUT2D eigenvalue weighted by atomic mass is 9.98. The minimum atomic E-state index is -0.863. The molecular formula is C53H64N6O10. The van der Waals surface area contributed by atoms with E-state index in [1.54, 1.807) is 86.6 Å². The maximum Gasteiger partial charge on any atom is 0.345 e. The summed E-state index contributed by atoms with van der Waals surface area (Å²) < 4.78 is 26.9. The Labute approximate surface area is 404 Å². The molecule has 0 saturated carbocycles. The highest BCUT2D eigenvalue weighted by molar-refractivity contribution is 6.18. The van der Waals surface area contributed by atoms with E-state index in [4.69, 9.17) is 23.7 Å². The first-order chi connectivity index (χ1) is 32.6. The molecule has 3 aromatic carbocycles. The van der Waals surface area contributed by atoms with E-state index in [1.807, 2.05) is 41.5 Å². The van der Waals surface area contributed by atoms with Crippen molar-refractivity contribution in [3.8, 4) is 0 Å². The topological polar surface area (TPSA) is 206 Å². The summed E-state index contributed by atoms with van der Waals surface area (Å²) in [6.07, 6.45) is 5.57. The van der Waals surface area contributed by atoms with Crippen molar-refractivity contribution in [1.82, 2.24) is 15.0 Å². The molecule has 0 unspecified atom stereocenters. The van der Waals surface area contributed by atoms with Crippen molar-refractivity contribution >= 4 is 76.9 Å². The molecule has 0 bridgehead atoms. The normalized spacial score (nSPS) is 11.0. The third-order valence-corrected chi connectivity index (χ3v) is 9.00. The maximum atomic E-state index is 13.2. The van der Waals surface area contributed by atoms with Crippen LogP contribution in [0.4, 0.5) is 34.9 Å². The smallest absolute Gasteiger partial charge is 0.345 e. The third-order valence-electron chi connectivity index (χ3n) is 9.00. The van der Waals surface area contributed by atoms with E-state index in [1.165, 1.54) is 12.2 Å². The first-order valence-electron chi connectivity index (χ1n) is 22.5. The lowest BCUT2D eigenvalue weighted by Crippen LogP contribution is -2.25. The van der Waals surface area contributed by atoms with Crippen LogP contribution in [0.2, 0.25) is 0 Å². The van der Waals surface area contributed by atoms with Crippen molar-refractivity contribution in [2.24, 2.45) is 10.8 Å². The molecule has 69 heavy (non-hydrogen) atoms. The molecule has 0 spiro atoms. The number of unbranched alkanes of at least 4 members (excludes halogenated alkanes) is 2. The van der Waals surface area contributed by atoms with E-state index in [9.17, 15) is 24.0 Å². The number of carbonyl (C=O) groups excluding carboxylic acids is 5. The fraction of sp³-hybridized carbons (Fsp3) is 0.358. The van der Waals surface area contributed by atoms with Crippen LogP contribution in [0.3, 0.4) is 0 Å². The molecule has 0 saturated heterocycles. The van der Waals surface area contributed by atoms with Gasteiger partial charge in [-0.25, -0.2) is 24.0 Å². The van der Waals surface area contributed by atoms with Gasteiger partial charge in [-0.15, -0.1) is 0 Å². The summed E-state index contributed by atoms with van der Waals surface area (Å²) in [4.78, 5) is 78.6. The predicted molar refractivity (Wildman–Crippen MR) is 267 cm³/mol. The lowest BCUT2D eigenvalue weighted by Gasteiger charge is -2.20. The van der Waals surface area contributed by atoms with Gasteiger partial charge in [-0.3, -0.25) is 0 Å². The number of anilines is 6. The van der Waals surface area contributed by atoms with Crippen molar-refractivity contribution in [2.75, 3.05) is 49.0 Å². The van der Waals surface area contributed by atoms with Gasteiger partial charge in [0.05, 0.1) is 25.4 Å². The Morgan fingerprint density at radius 1 is 0.522 bits per heavy atom. The van der Waals surface area contributed by atoms with Gasteiger partial charge in [0.2, 0.25) is 17.8 Å². The SMILES string of the molecule is C=C(C)COC(=O)C(=Cc1ccc(Nc2nc(Nc3ccc(C=C(C(=O)OCC(C)(C)C)C(=O)OCC(C)(C)C)cc3)nc(Nc3ccc(C(=O)OCCCCC)cc3)n2)cc1)C(=O)OCC(=C)C. The number of carbonyl (C=O) groups is 5. The molecule has 16 nitrogen and oxygen atoms in total. The highest BCUT2D eigenvalue weighted by atomic mass is 16.6. The summed E-state index contributed by atoms with van der Waals surface area (Å²) in [5, 5.41) is 9.51. The second kappa shape index (κ2) is 25.5. The van der Waals surface area contributed by atoms with Crippen LogP contribution < -0.4 is 16.0 Å². The van der Waals surface area contributed by atoms with E-state index in [2.05, 4.69) is 51.0 Å². The molecule has 3 N–H and O–H groups in total. The number of nitrogens with one attached hydrogen (secondary N) is 3. The highest BCUT2D eigenvalue weighted by Gasteiger charge is 2.26. The van der Waals surface area contributed by atoms with Gasteiger partial charge >= 0.3 is 29.8 Å². The number of hydrogen-bond acceptors (Lipinski definition) is 16. The highest BCUT2D eigenvalue weighted by Crippen LogP contribution is 2.25. The predicted octanol–water partition coefficient (Wildman–Crippen LogP) is 10.6. The first kappa shape index (κ1) is 54.0. The summed E-state index contributed by atoms with van der Waals surface area (Å²) in [6.45, 7) is 24.9. The standard InChI is InChI=1S/C53H64N6O10/c1-12-13-14-27-65-44(60)38-19-25-41(26-20-38)56-51-58-49(54-39-21-15-36(16-22-39)28-42(45(61)66-30-34(2)3)46(62)67-31-35(4)5)57-50(59-51)55-40-23-17-37(18-24-40)29-43(47(63)68-32-52(6,7)8)48(64)69-33-53(9,10)11/h15-26,28-29H,2,4,12-14,27,30-33H2,1,3,5-11H3,(H3,54,55,56,57,58,59). The molecule has 4 aromatic rings. The molecule has 0 aliphatic rings. The van der Waals surface area contributed by atoms with E-state index >= 15 is 0 Å². The van der Waals surface area contributed by atoms with Gasteiger partial charge < -0.3 is 39.6 Å². The molecular weight excluding hydrogens is 881 g/mol. The molecule has 0 aliphatic heterocycles. The molecule has 0 aliphatic carbocycles. The van der Waals surface area contributed by atoms with Crippen molar-refractivity contribution in [3.05, 3.63) is 125 Å². The van der Waals surface area contributed by atoms with Crippen LogP contribution in [0.15, 0.2) is 108 Å². The maximum absolute atomic E-state index is 13.2. The molecule has 1 aromatic heterocycles. The summed E-state index contributed by atoms with van der Waals surface area (Å²) in [5.74, 6) is -3.32. The van der Waals surface area contributed by atoms with Crippen LogP contribution in [-0.2, 0) is 42.9 Å². The van der Waals surface area contributed by atoms with Crippen molar-refractivity contribution in [3.63, 3.8) is 0 Å². The Morgan fingerprint density at radius 2 is 0.870 bits per heavy atom. The van der Waals surface area contributed by atoms with E-state index in [-0.39, 0.29) is 66.2 Å². The van der Waals surface area contributed by atoms with Gasteiger partial charge in [-0.05, 0) is 114 Å². The van der Waals surface area contributed by atoms with Gasteiger partial charge in [0, 0.05) is 17.1 Å². The monoisotopic (exact) mass is 944 g/mol. The first-order valence-corrected chi connectivity index (χ1v) is 22.5. The average molecular weight is 945 g/mol. The summed E-state index contributed by atoms with van der Waals surface area (Å²) in [6, 6.07) is 20.3. The quantitative estimate of drug-likeness (QED) is 0.0120. The van der Waals surface area contributed by atoms with Crippen LogP contribution in [0.1, 0.15) is 103 Å². The fourth-order valence-corrected chi connectivity index (χ4v) is 5.53. The second-order valence-corrected chi connectivity index (χ2v) is 18.8. The molecule has 0 radical (unpaired) electrons. The Kier molecular flexibility index (Phi) is 19.9. The summed E-state index contributed by atoms with van der Waals surface area (Å²) >= 11 is 0. The van der Waals surface area contributed by atoms with Gasteiger partial charge in [0.25, 0.3) is 0 Å². The molecule has 16 heteroatoms. The number of benzene rings is 3. The zero-order valence-corrected chi connectivity index (χ0v) is 41.1. The second-order valence-electron chi connectivity index (χ2n) is 18.8. The van der Waals surface area contributed by atoms with E-state index in [0.717, 1.165) is 19.3 Å². The van der Waals surface area contributed by atoms with Gasteiger partial charge in [-0.2, -0.15) is 15.0 Å². The molecule has 1 heterocycles.